The number of hydrogen-bond donors (Lipinski definition) is 0. The molecule has 0 amide bonds. The molecule has 0 N–H and O–H groups in total. The molecule has 0 bridgehead atoms. The number of rotatable bonds is 14. The molecule has 0 aliphatic carbocycles. The molecule has 0 radical (unpaired) electrons. The first kappa shape index (κ1) is 24.9. The van der Waals surface area contributed by atoms with Crippen LogP contribution in [0, 0.1) is 0 Å². The van der Waals surface area contributed by atoms with Crippen LogP contribution < -0.4 is 10.7 Å². The fourth-order valence-corrected chi connectivity index (χ4v) is 6.01. The van der Waals surface area contributed by atoms with E-state index in [1.807, 2.05) is 0 Å². The van der Waals surface area contributed by atoms with Crippen LogP contribution in [-0.2, 0) is 12.8 Å². The Morgan fingerprint density at radius 2 is 1.14 bits per heavy atom. The Morgan fingerprint density at radius 3 is 1.92 bits per heavy atom. The van der Waals surface area contributed by atoms with Crippen LogP contribution in [0.4, 0.5) is 11.4 Å². The van der Waals surface area contributed by atoms with Gasteiger partial charge in [0.15, 0.2) is 0 Å². The highest BCUT2D eigenvalue weighted by Crippen LogP contribution is 2.40. The van der Waals surface area contributed by atoms with Crippen molar-refractivity contribution < 1.29 is 0 Å². The fourth-order valence-electron chi connectivity index (χ4n) is 6.01. The van der Waals surface area contributed by atoms with Crippen LogP contribution >= 0.6 is 0 Å². The van der Waals surface area contributed by atoms with E-state index in [-0.39, 0.29) is 0 Å². The molecule has 0 atom stereocenters. The van der Waals surface area contributed by atoms with E-state index in [2.05, 4.69) is 62.4 Å². The van der Waals surface area contributed by atoms with Crippen molar-refractivity contribution in [1.29, 1.82) is 0 Å². The molecule has 2 nitrogen and oxygen atoms in total. The van der Waals surface area contributed by atoms with Gasteiger partial charge in [0, 0.05) is 22.3 Å². The van der Waals surface area contributed by atoms with Gasteiger partial charge in [0.05, 0.1) is 22.1 Å². The molecule has 2 heteroatoms. The molecule has 0 saturated heterocycles. The number of fused-ring (bicyclic) bond motifs is 6. The molecule has 188 valence electrons. The van der Waals surface area contributed by atoms with Gasteiger partial charge < -0.3 is 0 Å². The van der Waals surface area contributed by atoms with Gasteiger partial charge in [0.2, 0.25) is 0 Å². The number of benzene rings is 3. The average molecular weight is 479 g/mol. The summed E-state index contributed by atoms with van der Waals surface area (Å²) >= 11 is 0. The summed E-state index contributed by atoms with van der Waals surface area (Å²) in [5, 5.41) is 2.22. The minimum atomic E-state index is 1.08. The second-order valence-corrected chi connectivity index (χ2v) is 10.8. The SMILES string of the molecule is CCCCCCCCc1ccc2c(c1CCCCCCCC)-c1cc3c(cc1=N2)-c1ccccc1N=3. The molecule has 2 aliphatic heterocycles. The third-order valence-corrected chi connectivity index (χ3v) is 8.03. The molecule has 36 heavy (non-hydrogen) atoms. The second kappa shape index (κ2) is 12.0. The Kier molecular flexibility index (Phi) is 8.31. The third kappa shape index (κ3) is 5.33. The van der Waals surface area contributed by atoms with Crippen LogP contribution in [0.2, 0.25) is 0 Å². The Bertz CT molecular complexity index is 1320. The number of aryl methyl sites for hydroxylation is 1. The predicted octanol–water partition coefficient (Wildman–Crippen LogP) is 9.36. The van der Waals surface area contributed by atoms with E-state index in [1.54, 1.807) is 11.1 Å². The van der Waals surface area contributed by atoms with Crippen molar-refractivity contribution in [3.8, 4) is 22.3 Å². The first-order valence-electron chi connectivity index (χ1n) is 14.7. The summed E-state index contributed by atoms with van der Waals surface area (Å²) < 4.78 is 0. The normalized spacial score (nSPS) is 12.5. The summed E-state index contributed by atoms with van der Waals surface area (Å²) in [6.07, 6.45) is 18.5. The quantitative estimate of drug-likeness (QED) is 0.142. The number of unbranched alkanes of at least 4 members (excludes halogenated alkanes) is 10. The molecule has 5 rings (SSSR count). The first-order valence-corrected chi connectivity index (χ1v) is 14.7. The maximum atomic E-state index is 5.12. The maximum Gasteiger partial charge on any atom is 0.0724 e. The summed E-state index contributed by atoms with van der Waals surface area (Å²) in [6, 6.07) is 17.8. The van der Waals surface area contributed by atoms with E-state index in [0.717, 1.165) is 22.1 Å². The minimum Gasteiger partial charge on any atom is -0.248 e. The Balaban J connectivity index is 1.42. The summed E-state index contributed by atoms with van der Waals surface area (Å²) in [5.41, 5.74) is 10.5. The summed E-state index contributed by atoms with van der Waals surface area (Å²) in [6.45, 7) is 4.59. The molecule has 0 spiro atoms. The molecular formula is C34H42N2. The van der Waals surface area contributed by atoms with Gasteiger partial charge in [0.1, 0.15) is 0 Å². The molecule has 0 fully saturated rings. The Labute approximate surface area is 217 Å². The third-order valence-electron chi connectivity index (χ3n) is 8.03. The largest absolute Gasteiger partial charge is 0.248 e. The molecule has 0 unspecified atom stereocenters. The molecule has 3 aromatic carbocycles. The summed E-state index contributed by atoms with van der Waals surface area (Å²) in [7, 11) is 0. The highest BCUT2D eigenvalue weighted by molar-refractivity contribution is 5.86. The van der Waals surface area contributed by atoms with Crippen LogP contribution in [0.3, 0.4) is 0 Å². The van der Waals surface area contributed by atoms with Gasteiger partial charge in [-0.1, -0.05) is 102 Å². The summed E-state index contributed by atoms with van der Waals surface area (Å²) in [5.74, 6) is 0. The number of nitrogens with zero attached hydrogens (tertiary/aromatic N) is 2. The lowest BCUT2D eigenvalue weighted by Gasteiger charge is -2.15. The van der Waals surface area contributed by atoms with Crippen molar-refractivity contribution in [2.45, 2.75) is 104 Å². The van der Waals surface area contributed by atoms with Crippen LogP contribution in [0.5, 0.6) is 0 Å². The minimum absolute atomic E-state index is 1.08. The zero-order chi connectivity index (χ0) is 24.7. The van der Waals surface area contributed by atoms with E-state index in [9.17, 15) is 0 Å². The topological polar surface area (TPSA) is 24.7 Å². The van der Waals surface area contributed by atoms with Crippen molar-refractivity contribution in [3.63, 3.8) is 0 Å². The van der Waals surface area contributed by atoms with Crippen molar-refractivity contribution in [1.82, 2.24) is 0 Å². The van der Waals surface area contributed by atoms with E-state index in [4.69, 9.17) is 9.98 Å². The van der Waals surface area contributed by atoms with Crippen molar-refractivity contribution in [2.24, 2.45) is 9.98 Å². The Hall–Kier alpha value is -2.74. The molecule has 2 heterocycles. The van der Waals surface area contributed by atoms with Gasteiger partial charge in [-0.2, -0.15) is 0 Å². The molecule has 3 aromatic rings. The average Bonchev–Trinajstić information content (AvgIpc) is 3.44. The highest BCUT2D eigenvalue weighted by Gasteiger charge is 2.23. The standard InChI is InChI=1S/C34H42N2/c1-3-5-7-9-11-13-17-25-21-22-31-34(26(25)18-14-12-10-8-6-4-2)29-24-32-28(23-33(29)36-31)27-19-15-16-20-30(27)35-32/h15-16,19-24H,3-14,17-18H2,1-2H3. The zero-order valence-electron chi connectivity index (χ0n) is 22.4. The van der Waals surface area contributed by atoms with E-state index < -0.39 is 0 Å². The van der Waals surface area contributed by atoms with Crippen LogP contribution in [0.15, 0.2) is 58.5 Å². The summed E-state index contributed by atoms with van der Waals surface area (Å²) in [4.78, 5) is 10.1. The van der Waals surface area contributed by atoms with Gasteiger partial charge >= 0.3 is 0 Å². The number of hydrogen-bond acceptors (Lipinski definition) is 2. The van der Waals surface area contributed by atoms with Gasteiger partial charge in [0.25, 0.3) is 0 Å². The van der Waals surface area contributed by atoms with Gasteiger partial charge in [-0.05, 0) is 61.1 Å². The van der Waals surface area contributed by atoms with Crippen molar-refractivity contribution >= 4 is 11.4 Å². The first-order chi connectivity index (χ1) is 17.8. The van der Waals surface area contributed by atoms with E-state index >= 15 is 0 Å². The molecular weight excluding hydrogens is 436 g/mol. The van der Waals surface area contributed by atoms with Crippen LogP contribution in [-0.4, -0.2) is 0 Å². The molecule has 0 saturated carbocycles. The highest BCUT2D eigenvalue weighted by atomic mass is 14.8. The monoisotopic (exact) mass is 478 g/mol. The van der Waals surface area contributed by atoms with Crippen LogP contribution in [0.1, 0.15) is 102 Å². The van der Waals surface area contributed by atoms with Crippen LogP contribution in [0.25, 0.3) is 22.3 Å². The van der Waals surface area contributed by atoms with E-state index in [1.165, 1.54) is 112 Å². The van der Waals surface area contributed by atoms with E-state index in [0.29, 0.717) is 0 Å². The predicted molar refractivity (Wildman–Crippen MR) is 153 cm³/mol. The number of para-hydroxylation sites is 1. The van der Waals surface area contributed by atoms with Crippen molar-refractivity contribution in [3.05, 3.63) is 70.4 Å². The van der Waals surface area contributed by atoms with Gasteiger partial charge in [-0.3, -0.25) is 0 Å². The lowest BCUT2D eigenvalue weighted by molar-refractivity contribution is 0.599. The van der Waals surface area contributed by atoms with Gasteiger partial charge in [-0.25, -0.2) is 9.98 Å². The lowest BCUT2D eigenvalue weighted by Crippen LogP contribution is -2.12. The lowest BCUT2D eigenvalue weighted by atomic mass is 9.88. The molecule has 2 aliphatic rings. The maximum absolute atomic E-state index is 5.12. The fraction of sp³-hybridized carbons (Fsp3) is 0.471. The smallest absolute Gasteiger partial charge is 0.0724 e. The zero-order valence-corrected chi connectivity index (χ0v) is 22.4. The van der Waals surface area contributed by atoms with Gasteiger partial charge in [-0.15, -0.1) is 0 Å². The second-order valence-electron chi connectivity index (χ2n) is 10.8. The molecule has 0 aromatic heterocycles. The van der Waals surface area contributed by atoms with Crippen molar-refractivity contribution in [2.75, 3.05) is 0 Å². The Morgan fingerprint density at radius 1 is 0.528 bits per heavy atom.